The summed E-state index contributed by atoms with van der Waals surface area (Å²) in [6, 6.07) is 3.81. The number of halogens is 4. The van der Waals surface area contributed by atoms with Gasteiger partial charge in [-0.1, -0.05) is 23.2 Å². The van der Waals surface area contributed by atoms with Crippen molar-refractivity contribution >= 4 is 45.8 Å². The molecular formula is C10H4Cl2FIN2O. The van der Waals surface area contributed by atoms with Gasteiger partial charge in [0.1, 0.15) is 10.3 Å². The lowest BCUT2D eigenvalue weighted by Crippen LogP contribution is -1.94. The van der Waals surface area contributed by atoms with Crippen LogP contribution in [0.2, 0.25) is 10.3 Å². The third-order valence-corrected chi connectivity index (χ3v) is 4.18. The van der Waals surface area contributed by atoms with Crippen molar-refractivity contribution in [3.63, 3.8) is 0 Å². The molecule has 2 aromatic rings. The summed E-state index contributed by atoms with van der Waals surface area (Å²) in [6.45, 7) is 0. The molecule has 0 amide bonds. The quantitative estimate of drug-likeness (QED) is 0.599. The Bertz CT molecular complexity index is 572. The Kier molecular flexibility index (Phi) is 3.70. The Labute approximate surface area is 120 Å². The molecule has 1 aromatic heterocycles. The summed E-state index contributed by atoms with van der Waals surface area (Å²) in [5.74, 6) is -0.979. The second-order valence-corrected chi connectivity index (χ2v) is 4.90. The zero-order chi connectivity index (χ0) is 12.6. The first-order chi connectivity index (χ1) is 7.99. The molecule has 2 rings (SSSR count). The fourth-order valence-electron chi connectivity index (χ4n) is 1.17. The molecule has 1 aromatic carbocycles. The van der Waals surface area contributed by atoms with Gasteiger partial charge < -0.3 is 5.11 Å². The summed E-state index contributed by atoms with van der Waals surface area (Å²) in [6.07, 6.45) is 0. The lowest BCUT2D eigenvalue weighted by atomic mass is 10.2. The molecule has 7 heteroatoms. The first kappa shape index (κ1) is 12.8. The standard InChI is InChI=1S/C10H4Cl2FIN2O/c11-8-7(14)9(12)16-10(15-8)4-1-2-6(17)5(13)3-4/h1-3,17H. The minimum Gasteiger partial charge on any atom is -0.505 e. The molecule has 0 radical (unpaired) electrons. The minimum absolute atomic E-state index is 0.203. The second kappa shape index (κ2) is 4.91. The van der Waals surface area contributed by atoms with E-state index in [1.165, 1.54) is 12.1 Å². The average molecular weight is 385 g/mol. The smallest absolute Gasteiger partial charge is 0.165 e. The van der Waals surface area contributed by atoms with E-state index in [9.17, 15) is 4.39 Å². The lowest BCUT2D eigenvalue weighted by molar-refractivity contribution is 0.432. The maximum absolute atomic E-state index is 13.2. The van der Waals surface area contributed by atoms with Crippen molar-refractivity contribution < 1.29 is 9.50 Å². The van der Waals surface area contributed by atoms with Crippen molar-refractivity contribution in [2.24, 2.45) is 0 Å². The number of aromatic nitrogens is 2. The van der Waals surface area contributed by atoms with Crippen molar-refractivity contribution in [1.82, 2.24) is 9.97 Å². The van der Waals surface area contributed by atoms with Gasteiger partial charge in [0.05, 0.1) is 3.57 Å². The van der Waals surface area contributed by atoms with E-state index >= 15 is 0 Å². The molecular weight excluding hydrogens is 381 g/mol. The van der Waals surface area contributed by atoms with Gasteiger partial charge in [-0.15, -0.1) is 0 Å². The van der Waals surface area contributed by atoms with E-state index in [0.717, 1.165) is 6.07 Å². The van der Waals surface area contributed by atoms with E-state index < -0.39 is 11.6 Å². The van der Waals surface area contributed by atoms with Crippen LogP contribution in [0, 0.1) is 9.39 Å². The number of hydrogen-bond donors (Lipinski definition) is 1. The Hall–Kier alpha value is -0.660. The molecule has 3 nitrogen and oxygen atoms in total. The molecule has 0 saturated carbocycles. The highest BCUT2D eigenvalue weighted by Gasteiger charge is 2.12. The summed E-state index contributed by atoms with van der Waals surface area (Å²) in [5.41, 5.74) is 0.389. The van der Waals surface area contributed by atoms with Crippen LogP contribution in [0.4, 0.5) is 4.39 Å². The van der Waals surface area contributed by atoms with Crippen molar-refractivity contribution in [3.8, 4) is 17.1 Å². The monoisotopic (exact) mass is 384 g/mol. The predicted molar refractivity (Wildman–Crippen MR) is 71.8 cm³/mol. The SMILES string of the molecule is Oc1ccc(-c2nc(Cl)c(I)c(Cl)n2)cc1F. The van der Waals surface area contributed by atoms with Gasteiger partial charge in [-0.3, -0.25) is 0 Å². The summed E-state index contributed by atoms with van der Waals surface area (Å²) in [7, 11) is 0. The Balaban J connectivity index is 2.57. The van der Waals surface area contributed by atoms with Crippen molar-refractivity contribution in [2.75, 3.05) is 0 Å². The molecule has 17 heavy (non-hydrogen) atoms. The number of phenols is 1. The van der Waals surface area contributed by atoms with Crippen molar-refractivity contribution in [3.05, 3.63) is 37.9 Å². The summed E-state index contributed by atoms with van der Waals surface area (Å²) >= 11 is 13.6. The van der Waals surface area contributed by atoms with Crippen LogP contribution in [0.25, 0.3) is 11.4 Å². The van der Waals surface area contributed by atoms with Crippen LogP contribution in [0.1, 0.15) is 0 Å². The summed E-state index contributed by atoms with van der Waals surface area (Å²) < 4.78 is 13.7. The first-order valence-corrected chi connectivity index (χ1v) is 6.20. The van der Waals surface area contributed by atoms with E-state index in [1.807, 2.05) is 22.6 Å². The molecule has 88 valence electrons. The van der Waals surface area contributed by atoms with Crippen LogP contribution >= 0.6 is 45.8 Å². The van der Waals surface area contributed by atoms with Crippen molar-refractivity contribution in [2.45, 2.75) is 0 Å². The van der Waals surface area contributed by atoms with Gasteiger partial charge in [-0.25, -0.2) is 14.4 Å². The second-order valence-electron chi connectivity index (χ2n) is 3.11. The highest BCUT2D eigenvalue weighted by atomic mass is 127. The van der Waals surface area contributed by atoms with Crippen LogP contribution < -0.4 is 0 Å². The van der Waals surface area contributed by atoms with Gasteiger partial charge in [0.15, 0.2) is 17.4 Å². The zero-order valence-corrected chi connectivity index (χ0v) is 11.8. The molecule has 0 bridgehead atoms. The van der Waals surface area contributed by atoms with Gasteiger partial charge in [-0.2, -0.15) is 0 Å². The van der Waals surface area contributed by atoms with Crippen LogP contribution in [-0.2, 0) is 0 Å². The van der Waals surface area contributed by atoms with E-state index in [4.69, 9.17) is 28.3 Å². The molecule has 0 saturated heterocycles. The maximum Gasteiger partial charge on any atom is 0.165 e. The molecule has 0 unspecified atom stereocenters. The fraction of sp³-hybridized carbons (Fsp3) is 0. The lowest BCUT2D eigenvalue weighted by Gasteiger charge is -2.04. The highest BCUT2D eigenvalue weighted by Crippen LogP contribution is 2.28. The number of benzene rings is 1. The Morgan fingerprint density at radius 2 is 1.76 bits per heavy atom. The topological polar surface area (TPSA) is 46.0 Å². The fourth-order valence-corrected chi connectivity index (χ4v) is 1.80. The van der Waals surface area contributed by atoms with Crippen molar-refractivity contribution in [1.29, 1.82) is 0 Å². The van der Waals surface area contributed by atoms with E-state index in [0.29, 0.717) is 9.13 Å². The molecule has 1 heterocycles. The van der Waals surface area contributed by atoms with Crippen LogP contribution in [0.3, 0.4) is 0 Å². The maximum atomic E-state index is 13.2. The van der Waals surface area contributed by atoms with E-state index in [2.05, 4.69) is 9.97 Å². The van der Waals surface area contributed by atoms with Crippen LogP contribution in [-0.4, -0.2) is 15.1 Å². The Morgan fingerprint density at radius 3 is 2.29 bits per heavy atom. The largest absolute Gasteiger partial charge is 0.505 e. The average Bonchev–Trinajstić information content (AvgIpc) is 2.29. The third kappa shape index (κ3) is 2.61. The predicted octanol–water partition coefficient (Wildman–Crippen LogP) is 3.90. The number of aromatic hydroxyl groups is 1. The summed E-state index contributed by atoms with van der Waals surface area (Å²) in [4.78, 5) is 7.98. The van der Waals surface area contributed by atoms with E-state index in [-0.39, 0.29) is 16.1 Å². The van der Waals surface area contributed by atoms with Crippen LogP contribution in [0.15, 0.2) is 18.2 Å². The molecule has 0 fully saturated rings. The zero-order valence-electron chi connectivity index (χ0n) is 8.09. The van der Waals surface area contributed by atoms with Gasteiger partial charge in [0, 0.05) is 5.56 Å². The molecule has 0 aliphatic carbocycles. The minimum atomic E-state index is -0.753. The molecule has 0 aliphatic heterocycles. The van der Waals surface area contributed by atoms with Gasteiger partial charge in [0.25, 0.3) is 0 Å². The number of nitrogens with zero attached hydrogens (tertiary/aromatic N) is 2. The number of rotatable bonds is 1. The van der Waals surface area contributed by atoms with Crippen LogP contribution in [0.5, 0.6) is 5.75 Å². The van der Waals surface area contributed by atoms with Gasteiger partial charge in [-0.05, 0) is 40.8 Å². The Morgan fingerprint density at radius 1 is 1.18 bits per heavy atom. The molecule has 0 spiro atoms. The highest BCUT2D eigenvalue weighted by molar-refractivity contribution is 14.1. The summed E-state index contributed by atoms with van der Waals surface area (Å²) in [5, 5.41) is 9.48. The molecule has 1 N–H and O–H groups in total. The van der Waals surface area contributed by atoms with Gasteiger partial charge in [0.2, 0.25) is 0 Å². The molecule has 0 aliphatic rings. The first-order valence-electron chi connectivity index (χ1n) is 4.36. The molecule has 0 atom stereocenters. The number of hydrogen-bond acceptors (Lipinski definition) is 3. The van der Waals surface area contributed by atoms with E-state index in [1.54, 1.807) is 0 Å². The number of phenolic OH excluding ortho intramolecular Hbond substituents is 1. The normalized spacial score (nSPS) is 10.6. The third-order valence-electron chi connectivity index (χ3n) is 1.98. The van der Waals surface area contributed by atoms with Gasteiger partial charge >= 0.3 is 0 Å².